The molecule has 0 aromatic heterocycles. The quantitative estimate of drug-likeness (QED) is 0.227. The summed E-state index contributed by atoms with van der Waals surface area (Å²) in [4.78, 5) is 23.8. The van der Waals surface area contributed by atoms with E-state index < -0.39 is 4.92 Å². The molecule has 3 aromatic rings. The van der Waals surface area contributed by atoms with E-state index in [9.17, 15) is 14.9 Å². The van der Waals surface area contributed by atoms with Gasteiger partial charge < -0.3 is 10.1 Å². The summed E-state index contributed by atoms with van der Waals surface area (Å²) in [5.41, 5.74) is 2.44. The summed E-state index contributed by atoms with van der Waals surface area (Å²) in [6.45, 7) is 4.28. The van der Waals surface area contributed by atoms with E-state index >= 15 is 0 Å². The number of ketones is 1. The molecular formula is C22H18BrClN2O4. The Balaban J connectivity index is 1.87. The Labute approximate surface area is 187 Å². The largest absolute Gasteiger partial charge is 0.494 e. The third-order valence-corrected chi connectivity index (χ3v) is 5.21. The second-order valence-corrected chi connectivity index (χ2v) is 7.80. The predicted octanol–water partition coefficient (Wildman–Crippen LogP) is 6.69. The van der Waals surface area contributed by atoms with Gasteiger partial charge in [0, 0.05) is 27.4 Å². The summed E-state index contributed by atoms with van der Waals surface area (Å²) >= 11 is 9.60. The molecule has 3 aromatic carbocycles. The summed E-state index contributed by atoms with van der Waals surface area (Å²) in [5.74, 6) is 0.495. The average molecular weight is 490 g/mol. The number of nitro benzene ring substituents is 1. The zero-order valence-corrected chi connectivity index (χ0v) is 18.6. The molecule has 30 heavy (non-hydrogen) atoms. The van der Waals surface area contributed by atoms with Crippen molar-refractivity contribution >= 4 is 50.4 Å². The summed E-state index contributed by atoms with van der Waals surface area (Å²) in [6.07, 6.45) is 0. The topological polar surface area (TPSA) is 81.5 Å². The average Bonchev–Trinajstić information content (AvgIpc) is 2.69. The minimum absolute atomic E-state index is 0.0781. The van der Waals surface area contributed by atoms with Crippen LogP contribution in [0.3, 0.4) is 0 Å². The Kier molecular flexibility index (Phi) is 6.74. The number of anilines is 2. The molecule has 0 bridgehead atoms. The highest BCUT2D eigenvalue weighted by Crippen LogP contribution is 2.32. The number of rotatable bonds is 7. The van der Waals surface area contributed by atoms with Crippen LogP contribution in [0.2, 0.25) is 5.02 Å². The van der Waals surface area contributed by atoms with Gasteiger partial charge in [-0.25, -0.2) is 0 Å². The van der Waals surface area contributed by atoms with Gasteiger partial charge in [0.25, 0.3) is 5.69 Å². The van der Waals surface area contributed by atoms with Crippen LogP contribution < -0.4 is 10.1 Å². The van der Waals surface area contributed by atoms with Gasteiger partial charge in [0.05, 0.1) is 16.6 Å². The van der Waals surface area contributed by atoms with Gasteiger partial charge in [-0.15, -0.1) is 0 Å². The molecule has 3 rings (SSSR count). The number of carbonyl (C=O) groups is 1. The summed E-state index contributed by atoms with van der Waals surface area (Å²) < 4.78 is 6.06. The van der Waals surface area contributed by atoms with Crippen molar-refractivity contribution in [3.05, 3.63) is 90.9 Å². The summed E-state index contributed by atoms with van der Waals surface area (Å²) in [6, 6.07) is 14.8. The first-order chi connectivity index (χ1) is 14.3. The van der Waals surface area contributed by atoms with Gasteiger partial charge in [-0.2, -0.15) is 0 Å². The lowest BCUT2D eigenvalue weighted by atomic mass is 9.98. The maximum absolute atomic E-state index is 13.0. The second-order valence-electron chi connectivity index (χ2n) is 6.48. The normalized spacial score (nSPS) is 10.5. The van der Waals surface area contributed by atoms with E-state index in [1.807, 2.05) is 19.9 Å². The number of hydrogen-bond donors (Lipinski definition) is 1. The molecule has 0 unspecified atom stereocenters. The van der Waals surface area contributed by atoms with E-state index in [-0.39, 0.29) is 16.5 Å². The van der Waals surface area contributed by atoms with Crippen LogP contribution in [0.25, 0.3) is 0 Å². The van der Waals surface area contributed by atoms with Crippen LogP contribution >= 0.6 is 27.5 Å². The van der Waals surface area contributed by atoms with Crippen LogP contribution in [0, 0.1) is 17.0 Å². The molecule has 0 radical (unpaired) electrons. The van der Waals surface area contributed by atoms with Crippen LogP contribution in [0.4, 0.5) is 17.1 Å². The molecule has 8 heteroatoms. The third-order valence-electron chi connectivity index (χ3n) is 4.40. The van der Waals surface area contributed by atoms with Gasteiger partial charge in [-0.3, -0.25) is 14.9 Å². The predicted molar refractivity (Wildman–Crippen MR) is 121 cm³/mol. The highest BCUT2D eigenvalue weighted by atomic mass is 79.9. The number of benzene rings is 3. The fraction of sp³-hybridized carbons (Fsp3) is 0.136. The molecule has 6 nitrogen and oxygen atoms in total. The van der Waals surface area contributed by atoms with Crippen molar-refractivity contribution in [1.82, 2.24) is 0 Å². The molecule has 0 aliphatic carbocycles. The van der Waals surface area contributed by atoms with E-state index in [0.29, 0.717) is 39.3 Å². The standard InChI is InChI=1S/C22H18BrClN2O4/c1-3-30-16-6-8-17(13(2)10-16)22(27)18-7-5-15(12-19(18)24)25-20-9-4-14(23)11-21(20)26(28)29/h4-12,25H,3H2,1-2H3. The zero-order valence-electron chi connectivity index (χ0n) is 16.2. The van der Waals surface area contributed by atoms with E-state index in [1.165, 1.54) is 6.07 Å². The van der Waals surface area contributed by atoms with Gasteiger partial charge in [0.1, 0.15) is 11.4 Å². The summed E-state index contributed by atoms with van der Waals surface area (Å²) in [7, 11) is 0. The van der Waals surface area contributed by atoms with Gasteiger partial charge in [0.2, 0.25) is 0 Å². The molecular weight excluding hydrogens is 472 g/mol. The maximum Gasteiger partial charge on any atom is 0.293 e. The first-order valence-electron chi connectivity index (χ1n) is 9.08. The lowest BCUT2D eigenvalue weighted by Crippen LogP contribution is -2.06. The number of carbonyl (C=O) groups excluding carboxylic acids is 1. The Morgan fingerprint density at radius 1 is 1.13 bits per heavy atom. The van der Waals surface area contributed by atoms with Crippen molar-refractivity contribution in [2.24, 2.45) is 0 Å². The molecule has 1 N–H and O–H groups in total. The number of nitrogens with one attached hydrogen (secondary N) is 1. The number of ether oxygens (including phenoxy) is 1. The highest BCUT2D eigenvalue weighted by Gasteiger charge is 2.18. The van der Waals surface area contributed by atoms with E-state index in [1.54, 1.807) is 42.5 Å². The zero-order chi connectivity index (χ0) is 21.8. The van der Waals surface area contributed by atoms with Crippen LogP contribution in [0.5, 0.6) is 5.75 Å². The molecule has 0 saturated carbocycles. The van der Waals surface area contributed by atoms with E-state index in [0.717, 1.165) is 5.56 Å². The number of aryl methyl sites for hydroxylation is 1. The van der Waals surface area contributed by atoms with Gasteiger partial charge in [-0.05, 0) is 67.9 Å². The van der Waals surface area contributed by atoms with Crippen molar-refractivity contribution in [2.75, 3.05) is 11.9 Å². The fourth-order valence-electron chi connectivity index (χ4n) is 2.99. The van der Waals surface area contributed by atoms with Crippen molar-refractivity contribution < 1.29 is 14.5 Å². The molecule has 0 aliphatic rings. The third kappa shape index (κ3) is 4.80. The molecule has 0 heterocycles. The maximum atomic E-state index is 13.0. The minimum atomic E-state index is -0.471. The van der Waals surface area contributed by atoms with Crippen LogP contribution in [0.15, 0.2) is 59.1 Å². The Bertz CT molecular complexity index is 1130. The van der Waals surface area contributed by atoms with Crippen molar-refractivity contribution in [1.29, 1.82) is 0 Å². The number of hydrogen-bond acceptors (Lipinski definition) is 5. The van der Waals surface area contributed by atoms with Gasteiger partial charge in [0.15, 0.2) is 5.78 Å². The lowest BCUT2D eigenvalue weighted by Gasteiger charge is -2.12. The summed E-state index contributed by atoms with van der Waals surface area (Å²) in [5, 5.41) is 14.5. The number of nitro groups is 1. The monoisotopic (exact) mass is 488 g/mol. The molecule has 0 spiro atoms. The Hall–Kier alpha value is -2.90. The van der Waals surface area contributed by atoms with Crippen molar-refractivity contribution in [3.63, 3.8) is 0 Å². The van der Waals surface area contributed by atoms with Gasteiger partial charge >= 0.3 is 0 Å². The second kappa shape index (κ2) is 9.28. The van der Waals surface area contributed by atoms with Crippen LogP contribution in [-0.2, 0) is 0 Å². The van der Waals surface area contributed by atoms with Gasteiger partial charge in [-0.1, -0.05) is 27.5 Å². The Morgan fingerprint density at radius 3 is 2.50 bits per heavy atom. The fourth-order valence-corrected chi connectivity index (χ4v) is 3.60. The molecule has 0 atom stereocenters. The molecule has 0 saturated heterocycles. The van der Waals surface area contributed by atoms with Crippen LogP contribution in [-0.4, -0.2) is 17.3 Å². The first-order valence-corrected chi connectivity index (χ1v) is 10.3. The number of nitrogens with zero attached hydrogens (tertiary/aromatic N) is 1. The molecule has 0 fully saturated rings. The molecule has 0 aliphatic heterocycles. The van der Waals surface area contributed by atoms with E-state index in [4.69, 9.17) is 16.3 Å². The minimum Gasteiger partial charge on any atom is -0.494 e. The first kappa shape index (κ1) is 21.8. The van der Waals surface area contributed by atoms with Crippen molar-refractivity contribution in [2.45, 2.75) is 13.8 Å². The van der Waals surface area contributed by atoms with E-state index in [2.05, 4.69) is 21.2 Å². The highest BCUT2D eigenvalue weighted by molar-refractivity contribution is 9.10. The Morgan fingerprint density at radius 2 is 1.87 bits per heavy atom. The SMILES string of the molecule is CCOc1ccc(C(=O)c2ccc(Nc3ccc(Br)cc3[N+](=O)[O-])cc2Cl)c(C)c1. The van der Waals surface area contributed by atoms with Crippen molar-refractivity contribution in [3.8, 4) is 5.75 Å². The number of halogens is 2. The lowest BCUT2D eigenvalue weighted by molar-refractivity contribution is -0.384. The molecule has 154 valence electrons. The van der Waals surface area contributed by atoms with Crippen LogP contribution in [0.1, 0.15) is 28.4 Å². The molecule has 0 amide bonds. The smallest absolute Gasteiger partial charge is 0.293 e.